The van der Waals surface area contributed by atoms with E-state index in [-0.39, 0.29) is 5.69 Å². The molecule has 0 amide bonds. The van der Waals surface area contributed by atoms with Gasteiger partial charge in [0.1, 0.15) is 11.5 Å². The molecular weight excluding hydrogens is 302 g/mol. The van der Waals surface area contributed by atoms with E-state index in [0.717, 1.165) is 4.70 Å². The van der Waals surface area contributed by atoms with Gasteiger partial charge in [0, 0.05) is 0 Å². The van der Waals surface area contributed by atoms with E-state index in [2.05, 4.69) is 10.3 Å². The number of fused-ring (bicyclic) bond motifs is 1. The fourth-order valence-electron chi connectivity index (χ4n) is 1.85. The standard InChI is InChI=1S/C14H9ClF2N2S/c1-7-5-6-9(16)12(11(7)17)19-14-18-10-4-2-3-8(15)13(10)20-14/h2-6H,1H3,(H,18,19). The summed E-state index contributed by atoms with van der Waals surface area (Å²) < 4.78 is 28.4. The lowest BCUT2D eigenvalue weighted by Crippen LogP contribution is -1.98. The van der Waals surface area contributed by atoms with E-state index in [1.807, 2.05) is 0 Å². The highest BCUT2D eigenvalue weighted by molar-refractivity contribution is 7.22. The van der Waals surface area contributed by atoms with Gasteiger partial charge < -0.3 is 5.32 Å². The number of aryl methyl sites for hydroxylation is 1. The van der Waals surface area contributed by atoms with Gasteiger partial charge in [-0.1, -0.05) is 35.1 Å². The number of rotatable bonds is 2. The van der Waals surface area contributed by atoms with Gasteiger partial charge in [0.25, 0.3) is 0 Å². The van der Waals surface area contributed by atoms with Crippen LogP contribution in [0.25, 0.3) is 10.2 Å². The van der Waals surface area contributed by atoms with Gasteiger partial charge in [-0.25, -0.2) is 13.8 Å². The van der Waals surface area contributed by atoms with Crippen LogP contribution >= 0.6 is 22.9 Å². The summed E-state index contributed by atoms with van der Waals surface area (Å²) in [6, 6.07) is 7.94. The quantitative estimate of drug-likeness (QED) is 0.696. The number of anilines is 2. The maximum Gasteiger partial charge on any atom is 0.188 e. The van der Waals surface area contributed by atoms with E-state index in [1.54, 1.807) is 25.1 Å². The molecule has 0 unspecified atom stereocenters. The first-order valence-corrected chi connectivity index (χ1v) is 7.02. The van der Waals surface area contributed by atoms with Gasteiger partial charge in [-0.05, 0) is 30.7 Å². The van der Waals surface area contributed by atoms with Crippen LogP contribution in [0.5, 0.6) is 0 Å². The molecule has 1 N–H and O–H groups in total. The third-order valence-corrected chi connectivity index (χ3v) is 4.33. The van der Waals surface area contributed by atoms with Crippen molar-refractivity contribution in [2.75, 3.05) is 5.32 Å². The Morgan fingerprint density at radius 3 is 2.75 bits per heavy atom. The highest BCUT2D eigenvalue weighted by atomic mass is 35.5. The van der Waals surface area contributed by atoms with Gasteiger partial charge in [-0.2, -0.15) is 0 Å². The molecule has 0 fully saturated rings. The first-order valence-electron chi connectivity index (χ1n) is 5.83. The smallest absolute Gasteiger partial charge is 0.188 e. The lowest BCUT2D eigenvalue weighted by molar-refractivity contribution is 0.585. The van der Waals surface area contributed by atoms with E-state index in [4.69, 9.17) is 11.6 Å². The van der Waals surface area contributed by atoms with Gasteiger partial charge in [0.15, 0.2) is 10.9 Å². The summed E-state index contributed by atoms with van der Waals surface area (Å²) in [6.45, 7) is 1.58. The summed E-state index contributed by atoms with van der Waals surface area (Å²) in [5.41, 5.74) is 0.867. The summed E-state index contributed by atoms with van der Waals surface area (Å²) in [7, 11) is 0. The minimum atomic E-state index is -0.654. The molecule has 102 valence electrons. The Bertz CT molecular complexity index is 801. The molecule has 0 radical (unpaired) electrons. The lowest BCUT2D eigenvalue weighted by Gasteiger charge is -2.07. The highest BCUT2D eigenvalue weighted by Crippen LogP contribution is 2.34. The molecular formula is C14H9ClF2N2S. The van der Waals surface area contributed by atoms with Crippen LogP contribution in [0, 0.1) is 18.6 Å². The number of nitrogens with one attached hydrogen (secondary N) is 1. The molecule has 0 spiro atoms. The predicted octanol–water partition coefficient (Wildman–Crippen LogP) is 5.28. The molecule has 2 aromatic carbocycles. The minimum Gasteiger partial charge on any atom is -0.327 e. The molecule has 0 saturated heterocycles. The van der Waals surface area contributed by atoms with Crippen molar-refractivity contribution in [1.82, 2.24) is 4.98 Å². The van der Waals surface area contributed by atoms with Crippen LogP contribution in [0.1, 0.15) is 5.56 Å². The number of hydrogen-bond acceptors (Lipinski definition) is 3. The minimum absolute atomic E-state index is 0.194. The van der Waals surface area contributed by atoms with Crippen molar-refractivity contribution >= 4 is 44.0 Å². The van der Waals surface area contributed by atoms with Crippen molar-refractivity contribution in [3.8, 4) is 0 Å². The third-order valence-electron chi connectivity index (χ3n) is 2.88. The largest absolute Gasteiger partial charge is 0.327 e. The summed E-state index contributed by atoms with van der Waals surface area (Å²) in [4.78, 5) is 4.27. The monoisotopic (exact) mass is 310 g/mol. The van der Waals surface area contributed by atoms with Gasteiger partial charge in [0.05, 0.1) is 15.2 Å². The zero-order valence-corrected chi connectivity index (χ0v) is 11.9. The molecule has 0 aliphatic heterocycles. The summed E-state index contributed by atoms with van der Waals surface area (Å²) in [5, 5.41) is 3.66. The Balaban J connectivity index is 2.06. The Labute approximate surface area is 123 Å². The number of thiazole rings is 1. The molecule has 6 heteroatoms. The van der Waals surface area contributed by atoms with Gasteiger partial charge in [-0.15, -0.1) is 0 Å². The van der Waals surface area contributed by atoms with Crippen molar-refractivity contribution in [3.63, 3.8) is 0 Å². The topological polar surface area (TPSA) is 24.9 Å². The maximum absolute atomic E-state index is 13.9. The molecule has 2 nitrogen and oxygen atoms in total. The van der Waals surface area contributed by atoms with Crippen LogP contribution in [-0.2, 0) is 0 Å². The van der Waals surface area contributed by atoms with Gasteiger partial charge >= 0.3 is 0 Å². The fourth-order valence-corrected chi connectivity index (χ4v) is 3.01. The summed E-state index contributed by atoms with van der Waals surface area (Å²) in [6.07, 6.45) is 0. The Kier molecular flexibility index (Phi) is 3.31. The van der Waals surface area contributed by atoms with Crippen LogP contribution in [-0.4, -0.2) is 4.98 Å². The van der Waals surface area contributed by atoms with Gasteiger partial charge in [-0.3, -0.25) is 0 Å². The van der Waals surface area contributed by atoms with Crippen LogP contribution in [0.4, 0.5) is 19.6 Å². The van der Waals surface area contributed by atoms with Gasteiger partial charge in [0.2, 0.25) is 0 Å². The zero-order chi connectivity index (χ0) is 14.3. The van der Waals surface area contributed by atoms with E-state index >= 15 is 0 Å². The van der Waals surface area contributed by atoms with E-state index in [0.29, 0.717) is 21.2 Å². The number of halogens is 3. The van der Waals surface area contributed by atoms with Crippen LogP contribution in [0.2, 0.25) is 5.02 Å². The van der Waals surface area contributed by atoms with E-state index in [9.17, 15) is 8.78 Å². The van der Waals surface area contributed by atoms with Crippen LogP contribution in [0.15, 0.2) is 30.3 Å². The molecule has 1 aromatic heterocycles. The highest BCUT2D eigenvalue weighted by Gasteiger charge is 2.14. The number of hydrogen-bond donors (Lipinski definition) is 1. The molecule has 0 bridgehead atoms. The molecule has 1 heterocycles. The normalized spacial score (nSPS) is 11.0. The first kappa shape index (κ1) is 13.3. The van der Waals surface area contributed by atoms with E-state index in [1.165, 1.54) is 23.5 Å². The molecule has 0 aliphatic rings. The molecule has 0 aliphatic carbocycles. The number of nitrogens with zero attached hydrogens (tertiary/aromatic N) is 1. The lowest BCUT2D eigenvalue weighted by atomic mass is 10.2. The van der Waals surface area contributed by atoms with E-state index < -0.39 is 11.6 Å². The number of benzene rings is 2. The SMILES string of the molecule is Cc1ccc(F)c(Nc2nc3cccc(Cl)c3s2)c1F. The fraction of sp³-hybridized carbons (Fsp3) is 0.0714. The molecule has 3 aromatic rings. The van der Waals surface area contributed by atoms with Crippen molar-refractivity contribution < 1.29 is 8.78 Å². The Morgan fingerprint density at radius 1 is 1.20 bits per heavy atom. The average molecular weight is 311 g/mol. The second kappa shape index (κ2) is 5.00. The summed E-state index contributed by atoms with van der Waals surface area (Å²) >= 11 is 7.31. The van der Waals surface area contributed by atoms with Crippen LogP contribution in [0.3, 0.4) is 0 Å². The average Bonchev–Trinajstić information content (AvgIpc) is 2.83. The van der Waals surface area contributed by atoms with Crippen LogP contribution < -0.4 is 5.32 Å². The predicted molar refractivity (Wildman–Crippen MR) is 79.0 cm³/mol. The maximum atomic E-state index is 13.9. The second-order valence-electron chi connectivity index (χ2n) is 4.29. The molecule has 0 atom stereocenters. The zero-order valence-electron chi connectivity index (χ0n) is 10.4. The summed E-state index contributed by atoms with van der Waals surface area (Å²) in [5.74, 6) is -1.27. The Hall–Kier alpha value is -1.72. The first-order chi connectivity index (χ1) is 9.56. The molecule has 0 saturated carbocycles. The van der Waals surface area contributed by atoms with Crippen molar-refractivity contribution in [3.05, 3.63) is 52.6 Å². The second-order valence-corrected chi connectivity index (χ2v) is 5.69. The van der Waals surface area contributed by atoms with Crippen molar-refractivity contribution in [1.29, 1.82) is 0 Å². The van der Waals surface area contributed by atoms with Crippen molar-refractivity contribution in [2.24, 2.45) is 0 Å². The van der Waals surface area contributed by atoms with Crippen molar-refractivity contribution in [2.45, 2.75) is 6.92 Å². The molecule has 20 heavy (non-hydrogen) atoms. The third kappa shape index (κ3) is 2.23. The molecule has 3 rings (SSSR count). The Morgan fingerprint density at radius 2 is 2.00 bits per heavy atom. The number of aromatic nitrogens is 1.